The van der Waals surface area contributed by atoms with E-state index >= 15 is 0 Å². The van der Waals surface area contributed by atoms with E-state index in [0.29, 0.717) is 11.3 Å². The Hall–Kier alpha value is -1.15. The van der Waals surface area contributed by atoms with E-state index in [9.17, 15) is 9.59 Å². The molecule has 0 unspecified atom stereocenters. The van der Waals surface area contributed by atoms with Crippen LogP contribution in [0, 0.1) is 3.57 Å². The molecular formula is C13H10BrIN2O2. The number of aryl methyl sites for hydroxylation is 1. The third-order valence-corrected chi connectivity index (χ3v) is 3.95. The van der Waals surface area contributed by atoms with Crippen molar-refractivity contribution in [2.75, 3.05) is 5.32 Å². The van der Waals surface area contributed by atoms with Gasteiger partial charge in [-0.2, -0.15) is 0 Å². The average molecular weight is 433 g/mol. The Morgan fingerprint density at radius 3 is 2.74 bits per heavy atom. The topological polar surface area (TPSA) is 51.1 Å². The normalized spacial score (nSPS) is 10.3. The van der Waals surface area contributed by atoms with Gasteiger partial charge >= 0.3 is 0 Å². The Kier molecular flexibility index (Phi) is 4.41. The van der Waals surface area contributed by atoms with Gasteiger partial charge in [-0.25, -0.2) is 0 Å². The first-order valence-electron chi connectivity index (χ1n) is 5.40. The highest BCUT2D eigenvalue weighted by atomic mass is 127. The van der Waals surface area contributed by atoms with Crippen molar-refractivity contribution in [1.82, 2.24) is 4.57 Å². The van der Waals surface area contributed by atoms with Crippen LogP contribution < -0.4 is 10.9 Å². The molecule has 0 atom stereocenters. The second kappa shape index (κ2) is 5.87. The predicted octanol–water partition coefficient (Wildman–Crippen LogP) is 3.00. The summed E-state index contributed by atoms with van der Waals surface area (Å²) in [5.74, 6) is -0.204. The molecule has 0 aliphatic carbocycles. The number of aromatic nitrogens is 1. The van der Waals surface area contributed by atoms with E-state index in [1.54, 1.807) is 25.4 Å². The fourth-order valence-corrected chi connectivity index (χ4v) is 2.48. The zero-order valence-corrected chi connectivity index (χ0v) is 13.7. The lowest BCUT2D eigenvalue weighted by molar-refractivity contribution is 0.102. The second-order valence-corrected chi connectivity index (χ2v) is 6.02. The van der Waals surface area contributed by atoms with Crippen molar-refractivity contribution >= 4 is 50.1 Å². The summed E-state index contributed by atoms with van der Waals surface area (Å²) in [6.07, 6.45) is 1.59. The lowest BCUT2D eigenvalue weighted by Gasteiger charge is -2.08. The number of hydrogen-bond donors (Lipinski definition) is 1. The van der Waals surface area contributed by atoms with Crippen molar-refractivity contribution in [3.63, 3.8) is 0 Å². The summed E-state index contributed by atoms with van der Waals surface area (Å²) in [6.45, 7) is 0. The lowest BCUT2D eigenvalue weighted by atomic mass is 10.2. The number of pyridine rings is 1. The Bertz CT molecular complexity index is 697. The smallest absolute Gasteiger partial charge is 0.256 e. The van der Waals surface area contributed by atoms with E-state index in [0.717, 1.165) is 8.04 Å². The first-order chi connectivity index (χ1) is 8.97. The molecule has 1 heterocycles. The highest BCUT2D eigenvalue weighted by Crippen LogP contribution is 2.19. The molecule has 98 valence electrons. The molecule has 1 aromatic heterocycles. The van der Waals surface area contributed by atoms with Crippen molar-refractivity contribution < 1.29 is 4.79 Å². The zero-order chi connectivity index (χ0) is 14.0. The molecule has 6 heteroatoms. The average Bonchev–Trinajstić information content (AvgIpc) is 2.36. The summed E-state index contributed by atoms with van der Waals surface area (Å²) in [6, 6.07) is 8.51. The SMILES string of the molecule is Cn1cc(NC(=O)c2cc(Br)ccc2I)ccc1=O. The summed E-state index contributed by atoms with van der Waals surface area (Å²) in [4.78, 5) is 23.4. The number of carbonyl (C=O) groups is 1. The molecule has 0 aliphatic heterocycles. The predicted molar refractivity (Wildman–Crippen MR) is 86.5 cm³/mol. The van der Waals surface area contributed by atoms with Crippen LogP contribution in [-0.4, -0.2) is 10.5 Å². The second-order valence-electron chi connectivity index (χ2n) is 3.95. The summed E-state index contributed by atoms with van der Waals surface area (Å²) in [7, 11) is 1.64. The Morgan fingerprint density at radius 2 is 2.05 bits per heavy atom. The number of carbonyl (C=O) groups excluding carboxylic acids is 1. The van der Waals surface area contributed by atoms with Gasteiger partial charge in [0.15, 0.2) is 0 Å². The maximum Gasteiger partial charge on any atom is 0.256 e. The van der Waals surface area contributed by atoms with Gasteiger partial charge in [-0.1, -0.05) is 15.9 Å². The minimum atomic E-state index is -0.204. The van der Waals surface area contributed by atoms with Crippen LogP contribution in [0.4, 0.5) is 5.69 Å². The van der Waals surface area contributed by atoms with Gasteiger partial charge in [-0.15, -0.1) is 0 Å². The first kappa shape index (κ1) is 14.3. The molecule has 1 N–H and O–H groups in total. The number of rotatable bonds is 2. The van der Waals surface area contributed by atoms with Crippen molar-refractivity contribution in [2.24, 2.45) is 7.05 Å². The standard InChI is InChI=1S/C13H10BrIN2O2/c1-17-7-9(3-5-12(17)18)16-13(19)10-6-8(14)2-4-11(10)15/h2-7H,1H3,(H,16,19). The summed E-state index contributed by atoms with van der Waals surface area (Å²) in [5.41, 5.74) is 1.06. The van der Waals surface area contributed by atoms with Crippen molar-refractivity contribution in [1.29, 1.82) is 0 Å². The third-order valence-electron chi connectivity index (χ3n) is 2.52. The Balaban J connectivity index is 2.28. The van der Waals surface area contributed by atoms with Crippen LogP contribution in [0.2, 0.25) is 0 Å². The lowest BCUT2D eigenvalue weighted by Crippen LogP contribution is -2.18. The molecule has 4 nitrogen and oxygen atoms in total. The van der Waals surface area contributed by atoms with Crippen LogP contribution in [0.3, 0.4) is 0 Å². The van der Waals surface area contributed by atoms with Gasteiger partial charge < -0.3 is 9.88 Å². The molecule has 0 saturated carbocycles. The number of halogens is 2. The van der Waals surface area contributed by atoms with Crippen LogP contribution in [0.1, 0.15) is 10.4 Å². The van der Waals surface area contributed by atoms with Crippen LogP contribution in [-0.2, 0) is 7.05 Å². The van der Waals surface area contributed by atoms with E-state index in [-0.39, 0.29) is 11.5 Å². The molecular weight excluding hydrogens is 423 g/mol. The number of benzene rings is 1. The molecule has 0 saturated heterocycles. The fourth-order valence-electron chi connectivity index (χ4n) is 1.54. The molecule has 0 aliphatic rings. The first-order valence-corrected chi connectivity index (χ1v) is 7.27. The third kappa shape index (κ3) is 3.44. The van der Waals surface area contributed by atoms with E-state index in [1.165, 1.54) is 10.6 Å². The summed E-state index contributed by atoms with van der Waals surface area (Å²) >= 11 is 5.45. The highest BCUT2D eigenvalue weighted by molar-refractivity contribution is 14.1. The maximum absolute atomic E-state index is 12.2. The summed E-state index contributed by atoms with van der Waals surface area (Å²) in [5, 5.41) is 2.77. The highest BCUT2D eigenvalue weighted by Gasteiger charge is 2.11. The van der Waals surface area contributed by atoms with Gasteiger partial charge in [0.2, 0.25) is 5.56 Å². The van der Waals surface area contributed by atoms with E-state index < -0.39 is 0 Å². The maximum atomic E-state index is 12.2. The van der Waals surface area contributed by atoms with E-state index in [1.807, 2.05) is 12.1 Å². The molecule has 1 amide bonds. The molecule has 0 bridgehead atoms. The zero-order valence-electron chi connectivity index (χ0n) is 9.98. The largest absolute Gasteiger partial charge is 0.321 e. The van der Waals surface area contributed by atoms with E-state index in [2.05, 4.69) is 43.8 Å². The molecule has 2 rings (SSSR count). The number of nitrogens with zero attached hydrogens (tertiary/aromatic N) is 1. The Labute approximate surface area is 132 Å². The molecule has 0 spiro atoms. The molecule has 0 radical (unpaired) electrons. The van der Waals surface area contributed by atoms with Gasteiger partial charge in [0.25, 0.3) is 5.91 Å². The van der Waals surface area contributed by atoms with Gasteiger partial charge in [-0.3, -0.25) is 9.59 Å². The van der Waals surface area contributed by atoms with Crippen molar-refractivity contribution in [3.8, 4) is 0 Å². The van der Waals surface area contributed by atoms with Crippen molar-refractivity contribution in [2.45, 2.75) is 0 Å². The number of hydrogen-bond acceptors (Lipinski definition) is 2. The summed E-state index contributed by atoms with van der Waals surface area (Å²) < 4.78 is 3.13. The molecule has 0 fully saturated rings. The quantitative estimate of drug-likeness (QED) is 0.741. The molecule has 1 aromatic carbocycles. The van der Waals surface area contributed by atoms with Gasteiger partial charge in [-0.05, 0) is 46.9 Å². The number of anilines is 1. The van der Waals surface area contributed by atoms with E-state index in [4.69, 9.17) is 0 Å². The van der Waals surface area contributed by atoms with Gasteiger partial charge in [0, 0.05) is 27.4 Å². The monoisotopic (exact) mass is 432 g/mol. The van der Waals surface area contributed by atoms with Crippen LogP contribution in [0.15, 0.2) is 45.8 Å². The number of amides is 1. The minimum absolute atomic E-state index is 0.116. The van der Waals surface area contributed by atoms with Crippen LogP contribution in [0.25, 0.3) is 0 Å². The molecule has 19 heavy (non-hydrogen) atoms. The minimum Gasteiger partial charge on any atom is -0.321 e. The van der Waals surface area contributed by atoms with Crippen molar-refractivity contribution in [3.05, 3.63) is 60.5 Å². The Morgan fingerprint density at radius 1 is 1.32 bits per heavy atom. The van der Waals surface area contributed by atoms with Gasteiger partial charge in [0.1, 0.15) is 0 Å². The van der Waals surface area contributed by atoms with Crippen LogP contribution in [0.5, 0.6) is 0 Å². The number of nitrogens with one attached hydrogen (secondary N) is 1. The van der Waals surface area contributed by atoms with Gasteiger partial charge in [0.05, 0.1) is 11.3 Å². The van der Waals surface area contributed by atoms with Crippen LogP contribution >= 0.6 is 38.5 Å². The fraction of sp³-hybridized carbons (Fsp3) is 0.0769. The molecule has 2 aromatic rings.